The Bertz CT molecular complexity index is 1230. The van der Waals surface area contributed by atoms with Gasteiger partial charge >= 0.3 is 12.1 Å². The summed E-state index contributed by atoms with van der Waals surface area (Å²) in [6, 6.07) is 19.7. The molecule has 0 bridgehead atoms. The molecule has 0 aromatic heterocycles. The number of carbonyl (C=O) groups is 3. The van der Waals surface area contributed by atoms with Gasteiger partial charge < -0.3 is 20.5 Å². The fraction of sp³-hybridized carbons (Fsp3) is 0.222. The van der Waals surface area contributed by atoms with Crippen LogP contribution in [0.25, 0.3) is 11.1 Å². The van der Waals surface area contributed by atoms with E-state index in [1.807, 2.05) is 43.3 Å². The predicted molar refractivity (Wildman–Crippen MR) is 137 cm³/mol. The molecule has 0 spiro atoms. The first-order chi connectivity index (χ1) is 16.9. The maximum atomic E-state index is 12.9. The van der Waals surface area contributed by atoms with E-state index in [0.29, 0.717) is 23.0 Å². The zero-order valence-electron chi connectivity index (χ0n) is 19.1. The Kier molecular flexibility index (Phi) is 7.51. The Labute approximate surface area is 211 Å². The molecular weight excluding hydrogens is 512 g/mol. The molecule has 3 N–H and O–H groups in total. The van der Waals surface area contributed by atoms with Gasteiger partial charge in [-0.2, -0.15) is 0 Å². The number of nitrogens with one attached hydrogen (secondary N) is 2. The van der Waals surface area contributed by atoms with Gasteiger partial charge in [-0.1, -0.05) is 61.9 Å². The number of rotatable bonds is 8. The normalized spacial score (nSPS) is 12.9. The lowest BCUT2D eigenvalue weighted by molar-refractivity contribution is -0.118. The first kappa shape index (κ1) is 24.5. The van der Waals surface area contributed by atoms with E-state index in [4.69, 9.17) is 9.84 Å². The molecule has 0 unspecified atom stereocenters. The molecule has 4 rings (SSSR count). The minimum atomic E-state index is -1.07. The second-order valence-corrected chi connectivity index (χ2v) is 9.15. The van der Waals surface area contributed by atoms with Crippen molar-refractivity contribution in [2.24, 2.45) is 0 Å². The molecule has 0 saturated heterocycles. The molecule has 0 aliphatic heterocycles. The van der Waals surface area contributed by atoms with Crippen LogP contribution >= 0.6 is 15.9 Å². The third kappa shape index (κ3) is 5.38. The summed E-state index contributed by atoms with van der Waals surface area (Å²) >= 11 is 3.28. The summed E-state index contributed by atoms with van der Waals surface area (Å²) in [5, 5.41) is 14.5. The Hall–Kier alpha value is -3.65. The van der Waals surface area contributed by atoms with Gasteiger partial charge in [-0.15, -0.1) is 0 Å². The molecule has 3 aromatic carbocycles. The van der Waals surface area contributed by atoms with Crippen molar-refractivity contribution in [2.45, 2.75) is 31.7 Å². The van der Waals surface area contributed by atoms with Crippen molar-refractivity contribution >= 4 is 39.6 Å². The summed E-state index contributed by atoms with van der Waals surface area (Å²) in [6.07, 6.45) is 0.419. The lowest BCUT2D eigenvalue weighted by atomic mass is 9.98. The summed E-state index contributed by atoms with van der Waals surface area (Å²) in [5.74, 6) is -1.55. The number of carboxylic acids is 1. The minimum absolute atomic E-state index is 0.0738. The Morgan fingerprint density at radius 3 is 2.20 bits per heavy atom. The van der Waals surface area contributed by atoms with Crippen molar-refractivity contribution in [2.75, 3.05) is 11.9 Å². The number of anilines is 1. The summed E-state index contributed by atoms with van der Waals surface area (Å²) < 4.78 is 6.01. The topological polar surface area (TPSA) is 105 Å². The largest absolute Gasteiger partial charge is 0.478 e. The third-order valence-electron chi connectivity index (χ3n) is 6.00. The van der Waals surface area contributed by atoms with Gasteiger partial charge in [-0.05, 0) is 62.8 Å². The highest BCUT2D eigenvalue weighted by molar-refractivity contribution is 9.10. The number of carboxylic acid groups (broad SMARTS) is 1. The van der Waals surface area contributed by atoms with Crippen LogP contribution in [0.5, 0.6) is 0 Å². The number of amides is 2. The summed E-state index contributed by atoms with van der Waals surface area (Å²) in [6.45, 7) is 2.07. The van der Waals surface area contributed by atoms with Crippen molar-refractivity contribution < 1.29 is 24.2 Å². The summed E-state index contributed by atoms with van der Waals surface area (Å²) in [4.78, 5) is 36.7. The molecule has 0 fully saturated rings. The molecule has 0 saturated carbocycles. The molecule has 3 aromatic rings. The third-order valence-corrected chi connectivity index (χ3v) is 6.66. The van der Waals surface area contributed by atoms with E-state index in [9.17, 15) is 14.4 Å². The number of ether oxygens (including phenoxy) is 1. The van der Waals surface area contributed by atoms with Crippen molar-refractivity contribution in [1.82, 2.24) is 5.32 Å². The molecule has 0 heterocycles. The van der Waals surface area contributed by atoms with Gasteiger partial charge in [-0.25, -0.2) is 9.59 Å². The van der Waals surface area contributed by atoms with Crippen LogP contribution in [0.3, 0.4) is 0 Å². The maximum absolute atomic E-state index is 12.9. The van der Waals surface area contributed by atoms with Gasteiger partial charge in [0, 0.05) is 10.4 Å². The number of benzene rings is 3. The molecule has 7 nitrogen and oxygen atoms in total. The highest BCUT2D eigenvalue weighted by atomic mass is 79.9. The number of fused-ring (bicyclic) bond motifs is 3. The van der Waals surface area contributed by atoms with E-state index in [-0.39, 0.29) is 18.1 Å². The second-order valence-electron chi connectivity index (χ2n) is 8.30. The smallest absolute Gasteiger partial charge is 0.407 e. The number of hydrogen-bond acceptors (Lipinski definition) is 4. The number of halogens is 1. The van der Waals surface area contributed by atoms with E-state index >= 15 is 0 Å². The number of alkyl carbamates (subject to hydrolysis) is 1. The van der Waals surface area contributed by atoms with Gasteiger partial charge in [-0.3, -0.25) is 4.79 Å². The highest BCUT2D eigenvalue weighted by Gasteiger charge is 2.29. The number of hydrogen-bond donors (Lipinski definition) is 3. The standard InChI is InChI=1S/C27H25BrN2O5/c1-2-7-24(25(31)29-23-13-12-16(26(32)33)14-22(23)28)30-27(34)35-15-21-19-10-5-3-8-17(19)18-9-4-6-11-20(18)21/h3-6,8-14,21,24H,2,7,15H2,1H3,(H,29,31)(H,30,34)(H,32,33)/t24-/m1/s1. The van der Waals surface area contributed by atoms with Crippen molar-refractivity contribution in [3.05, 3.63) is 87.9 Å². The van der Waals surface area contributed by atoms with Gasteiger partial charge in [0.15, 0.2) is 0 Å². The fourth-order valence-electron chi connectivity index (χ4n) is 4.31. The van der Waals surface area contributed by atoms with Gasteiger partial charge in [0.25, 0.3) is 0 Å². The lowest BCUT2D eigenvalue weighted by Crippen LogP contribution is -2.44. The fourth-order valence-corrected chi connectivity index (χ4v) is 4.79. The maximum Gasteiger partial charge on any atom is 0.407 e. The zero-order valence-corrected chi connectivity index (χ0v) is 20.7. The van der Waals surface area contributed by atoms with Crippen LogP contribution < -0.4 is 10.6 Å². The molecule has 35 heavy (non-hydrogen) atoms. The Balaban J connectivity index is 1.41. The van der Waals surface area contributed by atoms with E-state index in [0.717, 1.165) is 22.3 Å². The number of carbonyl (C=O) groups excluding carboxylic acids is 2. The van der Waals surface area contributed by atoms with E-state index in [1.165, 1.54) is 18.2 Å². The van der Waals surface area contributed by atoms with Crippen LogP contribution in [-0.4, -0.2) is 35.7 Å². The van der Waals surface area contributed by atoms with E-state index < -0.39 is 24.0 Å². The molecule has 2 amide bonds. The second kappa shape index (κ2) is 10.7. The molecule has 0 radical (unpaired) electrons. The average molecular weight is 537 g/mol. The summed E-state index contributed by atoms with van der Waals surface area (Å²) in [7, 11) is 0. The van der Waals surface area contributed by atoms with Crippen LogP contribution in [0.2, 0.25) is 0 Å². The number of aromatic carboxylic acids is 1. The first-order valence-electron chi connectivity index (χ1n) is 11.3. The quantitative estimate of drug-likeness (QED) is 0.337. The van der Waals surface area contributed by atoms with Crippen LogP contribution in [0.1, 0.15) is 47.2 Å². The van der Waals surface area contributed by atoms with Crippen molar-refractivity contribution in [3.63, 3.8) is 0 Å². The van der Waals surface area contributed by atoms with Crippen molar-refractivity contribution in [3.8, 4) is 11.1 Å². The predicted octanol–water partition coefficient (Wildman–Crippen LogP) is 5.79. The molecule has 8 heteroatoms. The lowest BCUT2D eigenvalue weighted by Gasteiger charge is -2.20. The van der Waals surface area contributed by atoms with Gasteiger partial charge in [0.2, 0.25) is 5.91 Å². The van der Waals surface area contributed by atoms with Crippen molar-refractivity contribution in [1.29, 1.82) is 0 Å². The van der Waals surface area contributed by atoms with Crippen LogP contribution in [0.4, 0.5) is 10.5 Å². The molecule has 1 atom stereocenters. The van der Waals surface area contributed by atoms with Crippen LogP contribution in [0, 0.1) is 0 Å². The Morgan fingerprint density at radius 2 is 1.63 bits per heavy atom. The summed E-state index contributed by atoms with van der Waals surface area (Å²) in [5.41, 5.74) is 5.00. The minimum Gasteiger partial charge on any atom is -0.478 e. The highest BCUT2D eigenvalue weighted by Crippen LogP contribution is 2.44. The Morgan fingerprint density at radius 1 is 1.00 bits per heavy atom. The molecule has 1 aliphatic rings. The SMILES string of the molecule is CCC[C@@H](NC(=O)OCC1c2ccccc2-c2ccccc21)C(=O)Nc1ccc(C(=O)O)cc1Br. The van der Waals surface area contributed by atoms with E-state index in [2.05, 4.69) is 38.7 Å². The van der Waals surface area contributed by atoms with Crippen LogP contribution in [0.15, 0.2) is 71.2 Å². The van der Waals surface area contributed by atoms with Gasteiger partial charge in [0.1, 0.15) is 12.6 Å². The monoisotopic (exact) mass is 536 g/mol. The van der Waals surface area contributed by atoms with Gasteiger partial charge in [0.05, 0.1) is 11.3 Å². The first-order valence-corrected chi connectivity index (χ1v) is 12.1. The van der Waals surface area contributed by atoms with E-state index in [1.54, 1.807) is 0 Å². The van der Waals surface area contributed by atoms with Crippen LogP contribution in [-0.2, 0) is 9.53 Å². The molecule has 180 valence electrons. The molecule has 1 aliphatic carbocycles. The molecular formula is C27H25BrN2O5. The zero-order chi connectivity index (χ0) is 24.9. The average Bonchev–Trinajstić information content (AvgIpc) is 3.17.